The molecule has 0 radical (unpaired) electrons. The minimum absolute atomic E-state index is 0.238. The summed E-state index contributed by atoms with van der Waals surface area (Å²) < 4.78 is 5.09. The Morgan fingerprint density at radius 3 is 2.38 bits per heavy atom. The molecule has 0 amide bonds. The second kappa shape index (κ2) is 7.30. The molecule has 0 saturated heterocycles. The number of methoxy groups -OCH3 is 1. The van der Waals surface area contributed by atoms with Crippen LogP contribution in [0.4, 0.5) is 0 Å². The molecule has 3 heteroatoms. The number of nitrogens with one attached hydrogen (secondary N) is 1. The van der Waals surface area contributed by atoms with Crippen molar-refractivity contribution in [3.05, 3.63) is 0 Å². The van der Waals surface area contributed by atoms with Gasteiger partial charge in [0, 0.05) is 19.7 Å². The first kappa shape index (κ1) is 12.9. The highest BCUT2D eigenvalue weighted by Crippen LogP contribution is 2.02. The molecule has 0 bridgehead atoms. The summed E-state index contributed by atoms with van der Waals surface area (Å²) >= 11 is 0. The zero-order valence-corrected chi connectivity index (χ0v) is 9.21. The van der Waals surface area contributed by atoms with E-state index in [1.54, 1.807) is 7.11 Å². The fraction of sp³-hybridized carbons (Fsp3) is 1.00. The Kier molecular flexibility index (Phi) is 7.23. The van der Waals surface area contributed by atoms with E-state index in [1.807, 2.05) is 6.92 Å². The minimum Gasteiger partial charge on any atom is -0.392 e. The topological polar surface area (TPSA) is 41.5 Å². The van der Waals surface area contributed by atoms with Crippen molar-refractivity contribution in [2.45, 2.75) is 39.3 Å². The van der Waals surface area contributed by atoms with Crippen LogP contribution in [0.5, 0.6) is 0 Å². The van der Waals surface area contributed by atoms with Gasteiger partial charge in [-0.3, -0.25) is 0 Å². The third-order valence-corrected chi connectivity index (χ3v) is 2.24. The Labute approximate surface area is 81.5 Å². The predicted molar refractivity (Wildman–Crippen MR) is 54.8 cm³/mol. The van der Waals surface area contributed by atoms with Gasteiger partial charge in [-0.05, 0) is 12.3 Å². The molecule has 0 aliphatic carbocycles. The van der Waals surface area contributed by atoms with Crippen LogP contribution in [0.15, 0.2) is 0 Å². The second-order valence-corrected chi connectivity index (χ2v) is 3.78. The van der Waals surface area contributed by atoms with E-state index in [2.05, 4.69) is 19.2 Å². The van der Waals surface area contributed by atoms with Crippen LogP contribution >= 0.6 is 0 Å². The van der Waals surface area contributed by atoms with Gasteiger partial charge in [-0.25, -0.2) is 0 Å². The molecule has 2 unspecified atom stereocenters. The van der Waals surface area contributed by atoms with Crippen molar-refractivity contribution in [3.8, 4) is 0 Å². The monoisotopic (exact) mass is 189 g/mol. The van der Waals surface area contributed by atoms with Gasteiger partial charge >= 0.3 is 0 Å². The van der Waals surface area contributed by atoms with Crippen molar-refractivity contribution in [2.24, 2.45) is 5.92 Å². The molecule has 3 nitrogen and oxygen atoms in total. The zero-order chi connectivity index (χ0) is 10.3. The fourth-order valence-corrected chi connectivity index (χ4v) is 1.10. The maximum absolute atomic E-state index is 9.35. The molecular formula is C10H23NO2. The Morgan fingerprint density at radius 2 is 2.00 bits per heavy atom. The maximum atomic E-state index is 9.35. The van der Waals surface area contributed by atoms with Crippen molar-refractivity contribution >= 4 is 0 Å². The summed E-state index contributed by atoms with van der Waals surface area (Å²) in [6, 6.07) is 0.339. The highest BCUT2D eigenvalue weighted by Gasteiger charge is 2.13. The maximum Gasteiger partial charge on any atom is 0.0662 e. The summed E-state index contributed by atoms with van der Waals surface area (Å²) in [6.07, 6.45) is 0.559. The quantitative estimate of drug-likeness (QED) is 0.628. The van der Waals surface area contributed by atoms with Gasteiger partial charge in [0.2, 0.25) is 0 Å². The molecule has 2 atom stereocenters. The molecule has 0 saturated carbocycles. The number of rotatable bonds is 7. The summed E-state index contributed by atoms with van der Waals surface area (Å²) in [5, 5.41) is 12.6. The molecule has 0 aromatic heterocycles. The van der Waals surface area contributed by atoms with Crippen molar-refractivity contribution in [2.75, 3.05) is 20.3 Å². The summed E-state index contributed by atoms with van der Waals surface area (Å²) in [7, 11) is 1.70. The average molecular weight is 189 g/mol. The van der Waals surface area contributed by atoms with E-state index in [1.165, 1.54) is 0 Å². The van der Waals surface area contributed by atoms with Crippen molar-refractivity contribution in [3.63, 3.8) is 0 Å². The number of hydrogen-bond donors (Lipinski definition) is 2. The summed E-state index contributed by atoms with van der Waals surface area (Å²) in [5.41, 5.74) is 0. The first-order chi connectivity index (χ1) is 6.11. The van der Waals surface area contributed by atoms with Gasteiger partial charge in [0.1, 0.15) is 0 Å². The average Bonchev–Trinajstić information content (AvgIpc) is 2.11. The standard InChI is InChI=1S/C10H23NO2/c1-5-9(12)6-11-10(7-13-4)8(2)3/h8-12H,5-7H2,1-4H3. The molecule has 0 spiro atoms. The fourth-order valence-electron chi connectivity index (χ4n) is 1.10. The van der Waals surface area contributed by atoms with E-state index in [-0.39, 0.29) is 6.10 Å². The van der Waals surface area contributed by atoms with Crippen LogP contribution < -0.4 is 5.32 Å². The van der Waals surface area contributed by atoms with Crippen molar-refractivity contribution in [1.29, 1.82) is 0 Å². The summed E-state index contributed by atoms with van der Waals surface area (Å²) in [4.78, 5) is 0. The van der Waals surface area contributed by atoms with Crippen LogP contribution in [0, 0.1) is 5.92 Å². The van der Waals surface area contributed by atoms with Crippen molar-refractivity contribution in [1.82, 2.24) is 5.32 Å². The van der Waals surface area contributed by atoms with Gasteiger partial charge in [-0.1, -0.05) is 20.8 Å². The Balaban J connectivity index is 3.68. The van der Waals surface area contributed by atoms with Crippen molar-refractivity contribution < 1.29 is 9.84 Å². The molecule has 2 N–H and O–H groups in total. The highest BCUT2D eigenvalue weighted by atomic mass is 16.5. The Bertz CT molecular complexity index is 117. The first-order valence-corrected chi connectivity index (χ1v) is 5.02. The van der Waals surface area contributed by atoms with E-state index in [0.29, 0.717) is 25.1 Å². The number of ether oxygens (including phenoxy) is 1. The van der Waals surface area contributed by atoms with E-state index in [4.69, 9.17) is 4.74 Å². The van der Waals surface area contributed by atoms with Crippen LogP contribution in [-0.2, 0) is 4.74 Å². The zero-order valence-electron chi connectivity index (χ0n) is 9.21. The first-order valence-electron chi connectivity index (χ1n) is 5.02. The van der Waals surface area contributed by atoms with Crippen LogP contribution in [0.25, 0.3) is 0 Å². The lowest BCUT2D eigenvalue weighted by molar-refractivity contribution is 0.122. The van der Waals surface area contributed by atoms with Crippen LogP contribution in [0.2, 0.25) is 0 Å². The summed E-state index contributed by atoms with van der Waals surface area (Å²) in [6.45, 7) is 7.63. The lowest BCUT2D eigenvalue weighted by Crippen LogP contribution is -2.41. The number of hydrogen-bond acceptors (Lipinski definition) is 3. The second-order valence-electron chi connectivity index (χ2n) is 3.78. The van der Waals surface area contributed by atoms with Gasteiger partial charge in [0.05, 0.1) is 12.7 Å². The summed E-state index contributed by atoms with van der Waals surface area (Å²) in [5.74, 6) is 0.531. The van der Waals surface area contributed by atoms with Gasteiger partial charge in [0.25, 0.3) is 0 Å². The third kappa shape index (κ3) is 6.02. The van der Waals surface area contributed by atoms with Crippen LogP contribution in [0.1, 0.15) is 27.2 Å². The smallest absolute Gasteiger partial charge is 0.0662 e. The lowest BCUT2D eigenvalue weighted by Gasteiger charge is -2.22. The Morgan fingerprint density at radius 1 is 1.38 bits per heavy atom. The predicted octanol–water partition coefficient (Wildman–Crippen LogP) is 1.02. The van der Waals surface area contributed by atoms with E-state index < -0.39 is 0 Å². The van der Waals surface area contributed by atoms with Crippen LogP contribution in [0.3, 0.4) is 0 Å². The van der Waals surface area contributed by atoms with Gasteiger partial charge in [0.15, 0.2) is 0 Å². The van der Waals surface area contributed by atoms with E-state index >= 15 is 0 Å². The van der Waals surface area contributed by atoms with Crippen LogP contribution in [-0.4, -0.2) is 37.5 Å². The molecule has 0 aromatic rings. The molecular weight excluding hydrogens is 166 g/mol. The molecule has 0 aliphatic rings. The molecule has 0 rings (SSSR count). The van der Waals surface area contributed by atoms with Gasteiger partial charge < -0.3 is 15.2 Å². The molecule has 0 aromatic carbocycles. The van der Waals surface area contributed by atoms with Gasteiger partial charge in [-0.15, -0.1) is 0 Å². The third-order valence-electron chi connectivity index (χ3n) is 2.24. The molecule has 0 heterocycles. The van der Waals surface area contributed by atoms with E-state index in [0.717, 1.165) is 6.42 Å². The molecule has 0 fully saturated rings. The SMILES string of the molecule is CCC(O)CNC(COC)C(C)C. The highest BCUT2D eigenvalue weighted by molar-refractivity contribution is 4.71. The molecule has 80 valence electrons. The van der Waals surface area contributed by atoms with Gasteiger partial charge in [-0.2, -0.15) is 0 Å². The number of aliphatic hydroxyl groups excluding tert-OH is 1. The molecule has 0 aliphatic heterocycles. The lowest BCUT2D eigenvalue weighted by atomic mass is 10.1. The Hall–Kier alpha value is -0.120. The molecule has 13 heavy (non-hydrogen) atoms. The normalized spacial score (nSPS) is 16.2. The minimum atomic E-state index is -0.238. The largest absolute Gasteiger partial charge is 0.392 e. The van der Waals surface area contributed by atoms with E-state index in [9.17, 15) is 5.11 Å². The number of aliphatic hydroxyl groups is 1.